The van der Waals surface area contributed by atoms with E-state index in [1.54, 1.807) is 24.3 Å². The molecule has 0 unspecified atom stereocenters. The molecule has 2 aromatic rings. The molecule has 2 aromatic carbocycles. The molecule has 0 spiro atoms. The lowest BCUT2D eigenvalue weighted by molar-refractivity contribution is -0.122. The van der Waals surface area contributed by atoms with Gasteiger partial charge in [0.05, 0.1) is 11.4 Å². The number of benzene rings is 2. The van der Waals surface area contributed by atoms with Crippen molar-refractivity contribution in [3.63, 3.8) is 0 Å². The van der Waals surface area contributed by atoms with E-state index in [4.69, 9.17) is 0 Å². The molecule has 4 rings (SSSR count). The van der Waals surface area contributed by atoms with Crippen LogP contribution in [-0.2, 0) is 14.4 Å². The predicted octanol–water partition coefficient (Wildman–Crippen LogP) is 2.32. The van der Waals surface area contributed by atoms with Crippen molar-refractivity contribution in [2.75, 3.05) is 9.91 Å². The molecule has 6 nitrogen and oxygen atoms in total. The maximum Gasteiger partial charge on any atom is 0.259 e. The van der Waals surface area contributed by atoms with Crippen molar-refractivity contribution < 1.29 is 14.4 Å². The van der Waals surface area contributed by atoms with Gasteiger partial charge in [0.2, 0.25) is 5.91 Å². The van der Waals surface area contributed by atoms with E-state index in [9.17, 15) is 14.4 Å². The van der Waals surface area contributed by atoms with Gasteiger partial charge in [-0.3, -0.25) is 19.4 Å². The minimum Gasteiger partial charge on any atom is -0.293 e. The molecular weight excluding hydrogens is 330 g/mol. The Morgan fingerprint density at radius 1 is 0.923 bits per heavy atom. The van der Waals surface area contributed by atoms with Crippen molar-refractivity contribution >= 4 is 34.7 Å². The summed E-state index contributed by atoms with van der Waals surface area (Å²) in [7, 11) is 0. The highest BCUT2D eigenvalue weighted by Crippen LogP contribution is 2.37. The van der Waals surface area contributed by atoms with E-state index in [0.717, 1.165) is 5.56 Å². The van der Waals surface area contributed by atoms with Crippen molar-refractivity contribution in [2.45, 2.75) is 19.9 Å². The second-order valence-electron chi connectivity index (χ2n) is 6.49. The third-order valence-corrected chi connectivity index (χ3v) is 4.72. The Balaban J connectivity index is 1.80. The molecule has 2 aliphatic rings. The third-order valence-electron chi connectivity index (χ3n) is 4.72. The van der Waals surface area contributed by atoms with Crippen LogP contribution in [0.2, 0.25) is 0 Å². The number of hydrogen-bond donors (Lipinski definition) is 0. The minimum absolute atomic E-state index is 0.131. The van der Waals surface area contributed by atoms with Crippen LogP contribution < -0.4 is 9.91 Å². The second kappa shape index (κ2) is 5.91. The number of carbonyl (C=O) groups is 3. The quantitative estimate of drug-likeness (QED) is 0.799. The lowest BCUT2D eigenvalue weighted by Gasteiger charge is -2.22. The number of hydrogen-bond acceptors (Lipinski definition) is 5. The van der Waals surface area contributed by atoms with Gasteiger partial charge in [-0.05, 0) is 31.2 Å². The van der Waals surface area contributed by atoms with Crippen LogP contribution in [0.5, 0.6) is 0 Å². The zero-order chi connectivity index (χ0) is 18.4. The topological polar surface area (TPSA) is 70.1 Å². The summed E-state index contributed by atoms with van der Waals surface area (Å²) in [6.45, 7) is 3.31. The Kier molecular flexibility index (Phi) is 3.68. The SMILES string of the molecule is CC(=O)C1=NN(c2ccccc2)[C@@H]2C(=O)N(c3ccc(C)cc3)C(=O)[C@@H]12. The first-order valence-corrected chi connectivity index (χ1v) is 8.37. The molecule has 1 saturated heterocycles. The number of amides is 2. The number of nitrogens with zero attached hydrogens (tertiary/aromatic N) is 3. The number of rotatable bonds is 3. The monoisotopic (exact) mass is 347 g/mol. The fourth-order valence-electron chi connectivity index (χ4n) is 3.45. The summed E-state index contributed by atoms with van der Waals surface area (Å²) >= 11 is 0. The van der Waals surface area contributed by atoms with Crippen LogP contribution >= 0.6 is 0 Å². The Labute approximate surface area is 150 Å². The van der Waals surface area contributed by atoms with Crippen LogP contribution in [0.25, 0.3) is 0 Å². The molecule has 0 saturated carbocycles. The third kappa shape index (κ3) is 2.34. The maximum absolute atomic E-state index is 13.1. The predicted molar refractivity (Wildman–Crippen MR) is 98.0 cm³/mol. The molecule has 130 valence electrons. The minimum atomic E-state index is -0.874. The average molecular weight is 347 g/mol. The summed E-state index contributed by atoms with van der Waals surface area (Å²) in [4.78, 5) is 39.4. The van der Waals surface area contributed by atoms with Crippen LogP contribution in [0, 0.1) is 12.8 Å². The van der Waals surface area contributed by atoms with E-state index in [2.05, 4.69) is 5.10 Å². The Hall–Kier alpha value is -3.28. The Morgan fingerprint density at radius 2 is 1.58 bits per heavy atom. The van der Waals surface area contributed by atoms with Gasteiger partial charge in [-0.15, -0.1) is 0 Å². The van der Waals surface area contributed by atoms with E-state index in [0.29, 0.717) is 11.4 Å². The average Bonchev–Trinajstić information content (AvgIpc) is 3.15. The highest BCUT2D eigenvalue weighted by atomic mass is 16.2. The largest absolute Gasteiger partial charge is 0.293 e. The molecule has 0 aromatic heterocycles. The first kappa shape index (κ1) is 16.2. The lowest BCUT2D eigenvalue weighted by Crippen LogP contribution is -2.39. The smallest absolute Gasteiger partial charge is 0.259 e. The zero-order valence-electron chi connectivity index (χ0n) is 14.4. The lowest BCUT2D eigenvalue weighted by atomic mass is 9.95. The van der Waals surface area contributed by atoms with E-state index in [1.165, 1.54) is 16.8 Å². The van der Waals surface area contributed by atoms with Gasteiger partial charge in [-0.25, -0.2) is 4.90 Å². The number of imide groups is 1. The van der Waals surface area contributed by atoms with Gasteiger partial charge in [0.1, 0.15) is 17.7 Å². The first-order chi connectivity index (χ1) is 12.5. The zero-order valence-corrected chi connectivity index (χ0v) is 14.4. The van der Waals surface area contributed by atoms with Crippen molar-refractivity contribution in [3.05, 3.63) is 60.2 Å². The highest BCUT2D eigenvalue weighted by Gasteiger charge is 2.58. The van der Waals surface area contributed by atoms with Crippen LogP contribution in [0.4, 0.5) is 11.4 Å². The summed E-state index contributed by atoms with van der Waals surface area (Å²) in [5, 5.41) is 5.81. The molecule has 0 radical (unpaired) electrons. The summed E-state index contributed by atoms with van der Waals surface area (Å²) in [5.74, 6) is -1.95. The summed E-state index contributed by atoms with van der Waals surface area (Å²) < 4.78 is 0. The van der Waals surface area contributed by atoms with Crippen LogP contribution in [0.1, 0.15) is 12.5 Å². The maximum atomic E-state index is 13.1. The summed E-state index contributed by atoms with van der Waals surface area (Å²) in [5.41, 5.74) is 2.35. The molecule has 6 heteroatoms. The number of aryl methyl sites for hydroxylation is 1. The molecule has 1 fully saturated rings. The van der Waals surface area contributed by atoms with Crippen molar-refractivity contribution in [1.29, 1.82) is 0 Å². The molecule has 26 heavy (non-hydrogen) atoms. The fraction of sp³-hybridized carbons (Fsp3) is 0.200. The van der Waals surface area contributed by atoms with Crippen molar-refractivity contribution in [1.82, 2.24) is 0 Å². The van der Waals surface area contributed by atoms with Gasteiger partial charge in [0.25, 0.3) is 5.91 Å². The van der Waals surface area contributed by atoms with Gasteiger partial charge >= 0.3 is 0 Å². The van der Waals surface area contributed by atoms with Crippen LogP contribution in [0.15, 0.2) is 59.7 Å². The molecule has 2 heterocycles. The van der Waals surface area contributed by atoms with E-state index in [1.807, 2.05) is 37.3 Å². The number of carbonyl (C=O) groups excluding carboxylic acids is 3. The normalized spacial score (nSPS) is 21.8. The molecule has 2 amide bonds. The van der Waals surface area contributed by atoms with Gasteiger partial charge in [0.15, 0.2) is 5.78 Å². The number of hydrazone groups is 1. The standard InChI is InChI=1S/C20H17N3O3/c1-12-8-10-14(11-9-12)22-19(25)16-17(13(2)24)21-23(18(16)20(22)26)15-6-4-3-5-7-15/h3-11,16,18H,1-2H3/t16-,18-/m0/s1. The van der Waals surface area contributed by atoms with Gasteiger partial charge in [-0.1, -0.05) is 35.9 Å². The fourth-order valence-corrected chi connectivity index (χ4v) is 3.45. The van der Waals surface area contributed by atoms with Crippen molar-refractivity contribution in [2.24, 2.45) is 11.0 Å². The molecule has 0 N–H and O–H groups in total. The number of anilines is 2. The summed E-state index contributed by atoms with van der Waals surface area (Å²) in [6.07, 6.45) is 0. The first-order valence-electron chi connectivity index (χ1n) is 8.37. The molecule has 0 bridgehead atoms. The van der Waals surface area contributed by atoms with Crippen LogP contribution in [0.3, 0.4) is 0 Å². The van der Waals surface area contributed by atoms with Gasteiger partial charge in [0, 0.05) is 6.92 Å². The number of ketones is 1. The number of Topliss-reactive ketones (excluding diaryl/α,β-unsaturated/α-hetero) is 1. The second-order valence-corrected chi connectivity index (χ2v) is 6.49. The number of fused-ring (bicyclic) bond motifs is 1. The van der Waals surface area contributed by atoms with E-state index < -0.39 is 17.9 Å². The number of para-hydroxylation sites is 1. The molecule has 2 aliphatic heterocycles. The van der Waals surface area contributed by atoms with E-state index >= 15 is 0 Å². The van der Waals surface area contributed by atoms with Crippen molar-refractivity contribution in [3.8, 4) is 0 Å². The van der Waals surface area contributed by atoms with Gasteiger partial charge in [-0.2, -0.15) is 5.10 Å². The summed E-state index contributed by atoms with van der Waals surface area (Å²) in [6, 6.07) is 15.4. The molecule has 0 aliphatic carbocycles. The Morgan fingerprint density at radius 3 is 2.19 bits per heavy atom. The Bertz CT molecular complexity index is 935. The molecular formula is C20H17N3O3. The molecule has 2 atom stereocenters. The highest BCUT2D eigenvalue weighted by molar-refractivity contribution is 6.48. The van der Waals surface area contributed by atoms with Gasteiger partial charge < -0.3 is 0 Å². The van der Waals surface area contributed by atoms with Crippen LogP contribution in [-0.4, -0.2) is 29.4 Å². The van der Waals surface area contributed by atoms with E-state index in [-0.39, 0.29) is 17.4 Å².